The van der Waals surface area contributed by atoms with E-state index in [2.05, 4.69) is 48.3 Å². The summed E-state index contributed by atoms with van der Waals surface area (Å²) in [6.45, 7) is 5.38. The maximum Gasteiger partial charge on any atom is 0.127 e. The van der Waals surface area contributed by atoms with Gasteiger partial charge in [0.25, 0.3) is 0 Å². The molecule has 3 heteroatoms. The van der Waals surface area contributed by atoms with E-state index in [-0.39, 0.29) is 6.04 Å². The predicted octanol–water partition coefficient (Wildman–Crippen LogP) is 3.66. The van der Waals surface area contributed by atoms with Gasteiger partial charge in [0.15, 0.2) is 0 Å². The molecular weight excluding hydrogens is 224 g/mol. The van der Waals surface area contributed by atoms with E-state index < -0.39 is 0 Å². The average Bonchev–Trinajstić information content (AvgIpc) is 2.91. The van der Waals surface area contributed by atoms with Gasteiger partial charge < -0.3 is 14.6 Å². The van der Waals surface area contributed by atoms with Gasteiger partial charge in [-0.2, -0.15) is 0 Å². The minimum atomic E-state index is 0.220. The molecule has 2 heterocycles. The van der Waals surface area contributed by atoms with Crippen molar-refractivity contribution in [2.24, 2.45) is 0 Å². The van der Waals surface area contributed by atoms with Crippen LogP contribution in [0.1, 0.15) is 25.6 Å². The van der Waals surface area contributed by atoms with E-state index in [1.54, 1.807) is 6.26 Å². The summed E-state index contributed by atoms with van der Waals surface area (Å²) in [5.41, 5.74) is 2.45. The zero-order chi connectivity index (χ0) is 12.5. The van der Waals surface area contributed by atoms with E-state index >= 15 is 0 Å². The van der Waals surface area contributed by atoms with Crippen molar-refractivity contribution in [3.8, 4) is 0 Å². The first-order chi connectivity index (χ1) is 8.75. The number of hydrogen-bond acceptors (Lipinski definition) is 3. The number of benzene rings is 1. The molecule has 2 aromatic rings. The van der Waals surface area contributed by atoms with Crippen molar-refractivity contribution in [1.29, 1.82) is 0 Å². The molecule has 1 N–H and O–H groups in total. The molecule has 94 valence electrons. The third kappa shape index (κ3) is 1.86. The minimum absolute atomic E-state index is 0.220. The van der Waals surface area contributed by atoms with E-state index in [0.717, 1.165) is 12.3 Å². The van der Waals surface area contributed by atoms with Crippen molar-refractivity contribution in [2.75, 3.05) is 16.8 Å². The molecule has 18 heavy (non-hydrogen) atoms. The molecule has 1 aliphatic rings. The number of furan rings is 1. The van der Waals surface area contributed by atoms with Crippen LogP contribution in [0.15, 0.2) is 47.1 Å². The fourth-order valence-corrected chi connectivity index (χ4v) is 2.51. The molecule has 0 amide bonds. The number of anilines is 2. The second kappa shape index (κ2) is 4.41. The Labute approximate surface area is 107 Å². The van der Waals surface area contributed by atoms with E-state index in [1.165, 1.54) is 11.4 Å². The van der Waals surface area contributed by atoms with E-state index in [1.807, 2.05) is 12.1 Å². The standard InChI is InChI=1S/C15H18N2O/c1-11(2)17-10-13(15-8-5-9-18-15)16-12-6-3-4-7-14(12)17/h3-9,11,13,16H,10H2,1-2H3. The Hall–Kier alpha value is -1.90. The van der Waals surface area contributed by atoms with Crippen molar-refractivity contribution in [3.63, 3.8) is 0 Å². The quantitative estimate of drug-likeness (QED) is 0.871. The lowest BCUT2D eigenvalue weighted by atomic mass is 10.1. The molecule has 0 saturated carbocycles. The number of rotatable bonds is 2. The third-order valence-electron chi connectivity index (χ3n) is 3.43. The number of nitrogens with zero attached hydrogens (tertiary/aromatic N) is 1. The van der Waals surface area contributed by atoms with E-state index in [9.17, 15) is 0 Å². The SMILES string of the molecule is CC(C)N1CC(c2ccco2)Nc2ccccc21. The summed E-state index contributed by atoms with van der Waals surface area (Å²) < 4.78 is 5.53. The van der Waals surface area contributed by atoms with Gasteiger partial charge in [-0.25, -0.2) is 0 Å². The van der Waals surface area contributed by atoms with Crippen LogP contribution < -0.4 is 10.2 Å². The summed E-state index contributed by atoms with van der Waals surface area (Å²) in [4.78, 5) is 2.42. The zero-order valence-electron chi connectivity index (χ0n) is 10.8. The van der Waals surface area contributed by atoms with Crippen LogP contribution >= 0.6 is 0 Å². The molecule has 3 nitrogen and oxygen atoms in total. The number of hydrogen-bond donors (Lipinski definition) is 1. The van der Waals surface area contributed by atoms with E-state index in [4.69, 9.17) is 4.42 Å². The highest BCUT2D eigenvalue weighted by Crippen LogP contribution is 2.36. The second-order valence-electron chi connectivity index (χ2n) is 4.98. The average molecular weight is 242 g/mol. The highest BCUT2D eigenvalue weighted by atomic mass is 16.3. The molecule has 1 aliphatic heterocycles. The minimum Gasteiger partial charge on any atom is -0.467 e. The van der Waals surface area contributed by atoms with Crippen LogP contribution in [0.2, 0.25) is 0 Å². The largest absolute Gasteiger partial charge is 0.467 e. The summed E-state index contributed by atoms with van der Waals surface area (Å²) >= 11 is 0. The summed E-state index contributed by atoms with van der Waals surface area (Å²) in [5, 5.41) is 3.55. The van der Waals surface area contributed by atoms with Crippen LogP contribution in [0.4, 0.5) is 11.4 Å². The van der Waals surface area contributed by atoms with Crippen molar-refractivity contribution < 1.29 is 4.42 Å². The van der Waals surface area contributed by atoms with Crippen LogP contribution in [0.3, 0.4) is 0 Å². The van der Waals surface area contributed by atoms with Gasteiger partial charge in [0.1, 0.15) is 11.8 Å². The first-order valence-electron chi connectivity index (χ1n) is 6.41. The van der Waals surface area contributed by atoms with Gasteiger partial charge in [-0.15, -0.1) is 0 Å². The highest BCUT2D eigenvalue weighted by Gasteiger charge is 2.27. The van der Waals surface area contributed by atoms with E-state index in [0.29, 0.717) is 6.04 Å². The Kier molecular flexibility index (Phi) is 2.74. The fourth-order valence-electron chi connectivity index (χ4n) is 2.51. The summed E-state index contributed by atoms with van der Waals surface area (Å²) in [7, 11) is 0. The fraction of sp³-hybridized carbons (Fsp3) is 0.333. The summed E-state index contributed by atoms with van der Waals surface area (Å²) in [6.07, 6.45) is 1.73. The van der Waals surface area contributed by atoms with Gasteiger partial charge in [0.2, 0.25) is 0 Å². The van der Waals surface area contributed by atoms with Crippen molar-refractivity contribution in [3.05, 3.63) is 48.4 Å². The van der Waals surface area contributed by atoms with Gasteiger partial charge in [-0.05, 0) is 38.1 Å². The maximum atomic E-state index is 5.53. The molecule has 1 unspecified atom stereocenters. The van der Waals surface area contributed by atoms with Gasteiger partial charge in [0.05, 0.1) is 17.6 Å². The molecule has 0 fully saturated rings. The molecule has 1 aromatic heterocycles. The molecule has 0 spiro atoms. The van der Waals surface area contributed by atoms with Gasteiger partial charge in [-0.3, -0.25) is 0 Å². The number of nitrogens with one attached hydrogen (secondary N) is 1. The summed E-state index contributed by atoms with van der Waals surface area (Å²) in [5.74, 6) is 0.996. The topological polar surface area (TPSA) is 28.4 Å². The lowest BCUT2D eigenvalue weighted by molar-refractivity contribution is 0.466. The van der Waals surface area contributed by atoms with Gasteiger partial charge >= 0.3 is 0 Å². The normalized spacial score (nSPS) is 18.6. The zero-order valence-corrected chi connectivity index (χ0v) is 10.8. The Bertz CT molecular complexity index is 519. The van der Waals surface area contributed by atoms with Crippen LogP contribution in [0.5, 0.6) is 0 Å². The molecule has 0 saturated heterocycles. The second-order valence-corrected chi connectivity index (χ2v) is 4.98. The number of fused-ring (bicyclic) bond motifs is 1. The molecule has 0 aliphatic carbocycles. The monoisotopic (exact) mass is 242 g/mol. The number of para-hydroxylation sites is 2. The van der Waals surface area contributed by atoms with Crippen LogP contribution in [-0.4, -0.2) is 12.6 Å². The van der Waals surface area contributed by atoms with Crippen molar-refractivity contribution in [1.82, 2.24) is 0 Å². The third-order valence-corrected chi connectivity index (χ3v) is 3.43. The molecule has 1 aromatic carbocycles. The molecular formula is C15H18N2O. The van der Waals surface area contributed by atoms with Crippen LogP contribution in [-0.2, 0) is 0 Å². The lowest BCUT2D eigenvalue weighted by Crippen LogP contribution is -2.40. The Morgan fingerprint density at radius 2 is 2.06 bits per heavy atom. The molecule has 1 atom stereocenters. The molecule has 3 rings (SSSR count). The Balaban J connectivity index is 1.97. The first-order valence-corrected chi connectivity index (χ1v) is 6.41. The maximum absolute atomic E-state index is 5.53. The molecule has 0 radical (unpaired) electrons. The first kappa shape index (κ1) is 11.2. The Morgan fingerprint density at radius 3 is 2.78 bits per heavy atom. The lowest BCUT2D eigenvalue weighted by Gasteiger charge is -2.39. The van der Waals surface area contributed by atoms with Crippen LogP contribution in [0, 0.1) is 0 Å². The predicted molar refractivity (Wildman–Crippen MR) is 74.0 cm³/mol. The highest BCUT2D eigenvalue weighted by molar-refractivity contribution is 5.73. The summed E-state index contributed by atoms with van der Waals surface area (Å²) in [6, 6.07) is 13.1. The van der Waals surface area contributed by atoms with Crippen LogP contribution in [0.25, 0.3) is 0 Å². The van der Waals surface area contributed by atoms with Gasteiger partial charge in [-0.1, -0.05) is 12.1 Å². The van der Waals surface area contributed by atoms with Crippen molar-refractivity contribution in [2.45, 2.75) is 25.9 Å². The molecule has 0 bridgehead atoms. The smallest absolute Gasteiger partial charge is 0.127 e. The Morgan fingerprint density at radius 1 is 1.22 bits per heavy atom. The van der Waals surface area contributed by atoms with Crippen molar-refractivity contribution >= 4 is 11.4 Å². The van der Waals surface area contributed by atoms with Gasteiger partial charge in [0, 0.05) is 12.6 Å².